The number of quaternary nitrogens is 1. The fourth-order valence-electron chi connectivity index (χ4n) is 2.08. The zero-order valence-electron chi connectivity index (χ0n) is 12.8. The summed E-state index contributed by atoms with van der Waals surface area (Å²) in [5, 5.41) is 4.89. The average molecular weight is 259 g/mol. The first-order valence-corrected chi connectivity index (χ1v) is 7.02. The molecule has 2 heteroatoms. The van der Waals surface area contributed by atoms with Gasteiger partial charge in [-0.05, 0) is 19.3 Å². The summed E-state index contributed by atoms with van der Waals surface area (Å²) in [4.78, 5) is 0. The molecule has 0 aliphatic heterocycles. The van der Waals surface area contributed by atoms with Crippen molar-refractivity contribution < 1.29 is 4.59 Å². The predicted molar refractivity (Wildman–Crippen MR) is 84.2 cm³/mol. The number of nitrogens with zero attached hydrogens (tertiary/aromatic N) is 2. The van der Waals surface area contributed by atoms with Crippen LogP contribution in [0.2, 0.25) is 0 Å². The van der Waals surface area contributed by atoms with Crippen LogP contribution in [0.5, 0.6) is 0 Å². The van der Waals surface area contributed by atoms with Gasteiger partial charge in [0.1, 0.15) is 5.71 Å². The molecule has 1 rings (SSSR count). The summed E-state index contributed by atoms with van der Waals surface area (Å²) in [6.07, 6.45) is 5.40. The second-order valence-corrected chi connectivity index (χ2v) is 5.91. The monoisotopic (exact) mass is 259 g/mol. The van der Waals surface area contributed by atoms with Gasteiger partial charge in [0.05, 0.1) is 21.1 Å². The highest BCUT2D eigenvalue weighted by atomic mass is 15.6. The van der Waals surface area contributed by atoms with Crippen molar-refractivity contribution in [3.05, 3.63) is 48.6 Å². The van der Waals surface area contributed by atoms with E-state index in [9.17, 15) is 0 Å². The second-order valence-electron chi connectivity index (χ2n) is 5.91. The van der Waals surface area contributed by atoms with E-state index in [2.05, 4.69) is 65.0 Å². The highest BCUT2D eigenvalue weighted by molar-refractivity contribution is 6.01. The molecule has 2 nitrogen and oxygen atoms in total. The molecule has 1 atom stereocenters. The fraction of sp³-hybridized carbons (Fsp3) is 0.471. The number of allylic oxidation sites excluding steroid dienone is 1. The molecule has 0 aromatic heterocycles. The molecule has 0 saturated carbocycles. The number of hydrogen-bond acceptors (Lipinski definition) is 1. The van der Waals surface area contributed by atoms with Crippen LogP contribution in [-0.4, -0.2) is 31.4 Å². The van der Waals surface area contributed by atoms with E-state index in [1.807, 2.05) is 6.08 Å². The van der Waals surface area contributed by atoms with Crippen LogP contribution in [0.15, 0.2) is 48.1 Å². The Bertz CT molecular complexity index is 413. The Morgan fingerprint density at radius 2 is 1.89 bits per heavy atom. The number of unbranched alkanes of at least 4 members (excludes halogenated alkanes) is 1. The maximum absolute atomic E-state index is 4.89. The standard InChI is InChI=1S/C17H27N2/c1-6-7-9-12-15(2)17(18-19(3,4)5)16-13-10-8-11-14-16/h6,8,10-11,13-15H,1,7,9,12H2,2-5H3/q+1/b18-17+. The minimum Gasteiger partial charge on any atom is -0.205 e. The molecule has 19 heavy (non-hydrogen) atoms. The molecule has 0 saturated heterocycles. The topological polar surface area (TPSA) is 12.4 Å². The molecular formula is C17H27N2+. The van der Waals surface area contributed by atoms with Crippen molar-refractivity contribution in [2.75, 3.05) is 21.1 Å². The third-order valence-electron chi connectivity index (χ3n) is 2.99. The van der Waals surface area contributed by atoms with Gasteiger partial charge in [-0.2, -0.15) is 0 Å². The van der Waals surface area contributed by atoms with Gasteiger partial charge < -0.3 is 0 Å². The Morgan fingerprint density at radius 1 is 1.26 bits per heavy atom. The molecule has 0 aliphatic carbocycles. The normalized spacial score (nSPS) is 14.2. The zero-order valence-corrected chi connectivity index (χ0v) is 12.8. The third kappa shape index (κ3) is 5.84. The molecule has 0 amide bonds. The van der Waals surface area contributed by atoms with Crippen LogP contribution in [0.4, 0.5) is 0 Å². The maximum Gasteiger partial charge on any atom is 0.106 e. The van der Waals surface area contributed by atoms with Gasteiger partial charge in [0.2, 0.25) is 0 Å². The van der Waals surface area contributed by atoms with E-state index in [4.69, 9.17) is 5.10 Å². The molecule has 0 radical (unpaired) electrons. The maximum atomic E-state index is 4.89. The van der Waals surface area contributed by atoms with E-state index in [0.29, 0.717) is 10.5 Å². The molecule has 0 heterocycles. The highest BCUT2D eigenvalue weighted by Crippen LogP contribution is 2.17. The third-order valence-corrected chi connectivity index (χ3v) is 2.99. The van der Waals surface area contributed by atoms with E-state index in [-0.39, 0.29) is 0 Å². The van der Waals surface area contributed by atoms with Crippen LogP contribution in [0.1, 0.15) is 31.7 Å². The van der Waals surface area contributed by atoms with E-state index < -0.39 is 0 Å². The number of hydrogen-bond donors (Lipinski definition) is 0. The molecule has 1 aromatic rings. The van der Waals surface area contributed by atoms with Gasteiger partial charge in [0.25, 0.3) is 0 Å². The van der Waals surface area contributed by atoms with Gasteiger partial charge in [0.15, 0.2) is 0 Å². The fourth-order valence-corrected chi connectivity index (χ4v) is 2.08. The smallest absolute Gasteiger partial charge is 0.106 e. The number of benzene rings is 1. The molecule has 0 bridgehead atoms. The van der Waals surface area contributed by atoms with E-state index in [1.54, 1.807) is 0 Å². The van der Waals surface area contributed by atoms with Crippen LogP contribution in [0.25, 0.3) is 0 Å². The van der Waals surface area contributed by atoms with Crippen molar-refractivity contribution in [1.82, 2.24) is 0 Å². The lowest BCUT2D eigenvalue weighted by Crippen LogP contribution is -2.31. The van der Waals surface area contributed by atoms with Crippen LogP contribution >= 0.6 is 0 Å². The Kier molecular flexibility index (Phi) is 5.97. The second kappa shape index (κ2) is 7.25. The summed E-state index contributed by atoms with van der Waals surface area (Å²) in [7, 11) is 6.29. The highest BCUT2D eigenvalue weighted by Gasteiger charge is 2.17. The van der Waals surface area contributed by atoms with Crippen molar-refractivity contribution >= 4 is 5.71 Å². The van der Waals surface area contributed by atoms with Crippen molar-refractivity contribution in [2.24, 2.45) is 11.0 Å². The summed E-state index contributed by atoms with van der Waals surface area (Å²) in [5.41, 5.74) is 2.44. The lowest BCUT2D eigenvalue weighted by Gasteiger charge is -2.21. The first-order chi connectivity index (χ1) is 8.94. The minimum absolute atomic E-state index is 0.472. The van der Waals surface area contributed by atoms with Crippen molar-refractivity contribution in [3.8, 4) is 0 Å². The molecule has 0 spiro atoms. The van der Waals surface area contributed by atoms with Crippen molar-refractivity contribution in [1.29, 1.82) is 0 Å². The lowest BCUT2D eigenvalue weighted by atomic mass is 9.93. The quantitative estimate of drug-likeness (QED) is 0.230. The SMILES string of the molecule is C=CCCCC(C)/C(=N\[N+](C)(C)C)c1ccccc1. The summed E-state index contributed by atoms with van der Waals surface area (Å²) in [6, 6.07) is 10.5. The Morgan fingerprint density at radius 3 is 2.42 bits per heavy atom. The largest absolute Gasteiger partial charge is 0.205 e. The van der Waals surface area contributed by atoms with Gasteiger partial charge in [-0.3, -0.25) is 0 Å². The molecule has 0 fully saturated rings. The van der Waals surface area contributed by atoms with Gasteiger partial charge in [-0.15, -0.1) is 6.58 Å². The Hall–Kier alpha value is -1.41. The Labute approximate surface area is 118 Å². The van der Waals surface area contributed by atoms with Crippen molar-refractivity contribution in [3.63, 3.8) is 0 Å². The van der Waals surface area contributed by atoms with Gasteiger partial charge in [-0.25, -0.2) is 4.59 Å². The first kappa shape index (κ1) is 15.6. The molecule has 0 N–H and O–H groups in total. The Balaban J connectivity index is 2.94. The molecule has 1 unspecified atom stereocenters. The number of rotatable bonds is 7. The van der Waals surface area contributed by atoms with Crippen LogP contribution < -0.4 is 0 Å². The summed E-state index contributed by atoms with van der Waals surface area (Å²) < 4.78 is 0.607. The zero-order chi connectivity index (χ0) is 14.3. The first-order valence-electron chi connectivity index (χ1n) is 7.02. The van der Waals surface area contributed by atoms with Crippen LogP contribution in [0.3, 0.4) is 0 Å². The summed E-state index contributed by atoms with van der Waals surface area (Å²) in [6.45, 7) is 6.06. The van der Waals surface area contributed by atoms with Crippen molar-refractivity contribution in [2.45, 2.75) is 26.2 Å². The molecule has 104 valence electrons. The summed E-state index contributed by atoms with van der Waals surface area (Å²) >= 11 is 0. The van der Waals surface area contributed by atoms with Gasteiger partial charge in [-0.1, -0.05) is 48.4 Å². The minimum atomic E-state index is 0.472. The predicted octanol–water partition coefficient (Wildman–Crippen LogP) is 4.09. The summed E-state index contributed by atoms with van der Waals surface area (Å²) in [5.74, 6) is 0.472. The van der Waals surface area contributed by atoms with Gasteiger partial charge in [0, 0.05) is 11.5 Å². The molecule has 1 aromatic carbocycles. The average Bonchev–Trinajstić information content (AvgIpc) is 2.36. The van der Waals surface area contributed by atoms with Crippen LogP contribution in [-0.2, 0) is 0 Å². The molecular weight excluding hydrogens is 232 g/mol. The van der Waals surface area contributed by atoms with Crippen LogP contribution in [0, 0.1) is 5.92 Å². The van der Waals surface area contributed by atoms with E-state index in [0.717, 1.165) is 12.8 Å². The van der Waals surface area contributed by atoms with E-state index >= 15 is 0 Å². The lowest BCUT2D eigenvalue weighted by molar-refractivity contribution is -0.877. The van der Waals surface area contributed by atoms with E-state index in [1.165, 1.54) is 17.7 Å². The molecule has 0 aliphatic rings. The van der Waals surface area contributed by atoms with Gasteiger partial charge >= 0.3 is 0 Å².